The minimum Gasteiger partial charge on any atom is -0.496 e. The van der Waals surface area contributed by atoms with Crippen LogP contribution < -0.4 is 4.74 Å². The molecule has 95 valence electrons. The van der Waals surface area contributed by atoms with Gasteiger partial charge < -0.3 is 4.74 Å². The SMILES string of the molecule is COc1ccc(F)c2c1C(=O)c1cnccc1C2=O.[Na]. The number of hydrogen-bond acceptors (Lipinski definition) is 4. The summed E-state index contributed by atoms with van der Waals surface area (Å²) in [6, 6.07) is 3.87. The summed E-state index contributed by atoms with van der Waals surface area (Å²) in [6.45, 7) is 0. The van der Waals surface area contributed by atoms with E-state index in [-0.39, 0.29) is 57.6 Å². The van der Waals surface area contributed by atoms with E-state index in [1.165, 1.54) is 31.6 Å². The van der Waals surface area contributed by atoms with Crippen LogP contribution in [0.25, 0.3) is 0 Å². The molecule has 1 aromatic carbocycles. The second kappa shape index (κ2) is 5.44. The summed E-state index contributed by atoms with van der Waals surface area (Å²) in [6.07, 6.45) is 2.70. The van der Waals surface area contributed by atoms with Crippen molar-refractivity contribution in [3.63, 3.8) is 0 Å². The minimum atomic E-state index is -0.725. The number of nitrogens with zero attached hydrogens (tertiary/aromatic N) is 1. The molecular weight excluding hydrogens is 272 g/mol. The third-order valence-electron chi connectivity index (χ3n) is 3.10. The first-order valence-electron chi connectivity index (χ1n) is 5.55. The zero-order valence-corrected chi connectivity index (χ0v) is 12.9. The molecule has 0 spiro atoms. The van der Waals surface area contributed by atoms with E-state index >= 15 is 0 Å². The second-order valence-corrected chi connectivity index (χ2v) is 4.08. The van der Waals surface area contributed by atoms with Crippen LogP contribution in [0.2, 0.25) is 0 Å². The third-order valence-corrected chi connectivity index (χ3v) is 3.10. The van der Waals surface area contributed by atoms with Crippen molar-refractivity contribution in [2.45, 2.75) is 0 Å². The fraction of sp³-hybridized carbons (Fsp3) is 0.0714. The van der Waals surface area contributed by atoms with Gasteiger partial charge in [-0.05, 0) is 18.2 Å². The molecule has 0 unspecified atom stereocenters. The number of ketones is 2. The van der Waals surface area contributed by atoms with Crippen molar-refractivity contribution in [3.05, 3.63) is 58.7 Å². The van der Waals surface area contributed by atoms with Crippen LogP contribution in [-0.4, -0.2) is 53.2 Å². The Balaban J connectivity index is 0.00000147. The first-order chi connectivity index (χ1) is 9.15. The van der Waals surface area contributed by atoms with Crippen LogP contribution in [0.15, 0.2) is 30.6 Å². The Hall–Kier alpha value is -1.56. The van der Waals surface area contributed by atoms with Gasteiger partial charge in [-0.15, -0.1) is 0 Å². The van der Waals surface area contributed by atoms with Crippen LogP contribution in [0, 0.1) is 5.82 Å². The molecule has 0 saturated carbocycles. The molecule has 4 nitrogen and oxygen atoms in total. The number of pyridine rings is 1. The second-order valence-electron chi connectivity index (χ2n) is 4.08. The zero-order chi connectivity index (χ0) is 13.6. The van der Waals surface area contributed by atoms with E-state index in [4.69, 9.17) is 4.74 Å². The Morgan fingerprint density at radius 2 is 1.75 bits per heavy atom. The first kappa shape index (κ1) is 14.8. The van der Waals surface area contributed by atoms with E-state index in [0.29, 0.717) is 0 Å². The minimum absolute atomic E-state index is 0. The summed E-state index contributed by atoms with van der Waals surface area (Å²) in [4.78, 5) is 28.4. The smallest absolute Gasteiger partial charge is 0.199 e. The van der Waals surface area contributed by atoms with E-state index in [9.17, 15) is 14.0 Å². The van der Waals surface area contributed by atoms with Crippen LogP contribution >= 0.6 is 0 Å². The number of fused-ring (bicyclic) bond motifs is 2. The molecule has 1 aliphatic rings. The van der Waals surface area contributed by atoms with Gasteiger partial charge in [0.15, 0.2) is 11.6 Å². The average Bonchev–Trinajstić information content (AvgIpc) is 2.44. The first-order valence-corrected chi connectivity index (χ1v) is 5.55. The molecule has 0 fully saturated rings. The number of carbonyl (C=O) groups excluding carboxylic acids is 2. The van der Waals surface area contributed by atoms with Gasteiger partial charge in [0.2, 0.25) is 0 Å². The summed E-state index contributed by atoms with van der Waals surface area (Å²) < 4.78 is 18.9. The van der Waals surface area contributed by atoms with Crippen LogP contribution in [0.3, 0.4) is 0 Å². The zero-order valence-electron chi connectivity index (χ0n) is 10.9. The predicted octanol–water partition coefficient (Wildman–Crippen LogP) is 1.62. The molecule has 0 N–H and O–H groups in total. The quantitative estimate of drug-likeness (QED) is 0.636. The molecule has 20 heavy (non-hydrogen) atoms. The molecule has 6 heteroatoms. The van der Waals surface area contributed by atoms with Gasteiger partial charge in [-0.3, -0.25) is 14.6 Å². The van der Waals surface area contributed by atoms with Crippen LogP contribution in [-0.2, 0) is 0 Å². The number of halogens is 1. The Labute approximate surface area is 136 Å². The molecule has 1 aromatic heterocycles. The fourth-order valence-corrected chi connectivity index (χ4v) is 2.22. The van der Waals surface area contributed by atoms with E-state index in [1.807, 2.05) is 0 Å². The number of rotatable bonds is 1. The van der Waals surface area contributed by atoms with Crippen molar-refractivity contribution in [1.82, 2.24) is 4.98 Å². The van der Waals surface area contributed by atoms with E-state index < -0.39 is 17.4 Å². The Morgan fingerprint density at radius 3 is 2.45 bits per heavy atom. The summed E-state index contributed by atoms with van der Waals surface area (Å²) in [5.41, 5.74) is 0.0691. The number of aromatic nitrogens is 1. The fourth-order valence-electron chi connectivity index (χ4n) is 2.22. The van der Waals surface area contributed by atoms with Gasteiger partial charge in [0, 0.05) is 47.5 Å². The van der Waals surface area contributed by atoms with E-state index in [2.05, 4.69) is 4.98 Å². The maximum absolute atomic E-state index is 13.9. The van der Waals surface area contributed by atoms with Gasteiger partial charge in [-0.2, -0.15) is 0 Å². The topological polar surface area (TPSA) is 56.3 Å². The van der Waals surface area contributed by atoms with Crippen molar-refractivity contribution in [1.29, 1.82) is 0 Å². The molecule has 0 saturated heterocycles. The number of carbonyl (C=O) groups is 2. The normalized spacial score (nSPS) is 12.3. The molecular formula is C14H8FNNaO3. The molecule has 1 aliphatic carbocycles. The number of ether oxygens (including phenoxy) is 1. The van der Waals surface area contributed by atoms with Crippen molar-refractivity contribution >= 4 is 41.1 Å². The summed E-state index contributed by atoms with van der Waals surface area (Å²) in [5, 5.41) is 0. The van der Waals surface area contributed by atoms with Gasteiger partial charge in [-0.1, -0.05) is 0 Å². The Kier molecular flexibility index (Phi) is 4.04. The molecule has 3 rings (SSSR count). The molecule has 0 atom stereocenters. The van der Waals surface area contributed by atoms with Crippen LogP contribution in [0.1, 0.15) is 31.8 Å². The average molecular weight is 280 g/mol. The number of benzene rings is 1. The molecule has 0 aliphatic heterocycles. The van der Waals surface area contributed by atoms with Crippen molar-refractivity contribution in [3.8, 4) is 5.75 Å². The van der Waals surface area contributed by atoms with Gasteiger partial charge in [0.1, 0.15) is 11.6 Å². The van der Waals surface area contributed by atoms with Crippen LogP contribution in [0.5, 0.6) is 5.75 Å². The van der Waals surface area contributed by atoms with Crippen molar-refractivity contribution in [2.75, 3.05) is 7.11 Å². The summed E-state index contributed by atoms with van der Waals surface area (Å²) >= 11 is 0. The van der Waals surface area contributed by atoms with E-state index in [1.54, 1.807) is 0 Å². The summed E-state index contributed by atoms with van der Waals surface area (Å²) in [5.74, 6) is -1.52. The molecule has 1 radical (unpaired) electrons. The van der Waals surface area contributed by atoms with Crippen molar-refractivity contribution < 1.29 is 18.7 Å². The van der Waals surface area contributed by atoms with E-state index in [0.717, 1.165) is 6.07 Å². The molecule has 2 aromatic rings. The monoisotopic (exact) mass is 280 g/mol. The molecule has 0 amide bonds. The molecule has 0 bridgehead atoms. The molecule has 1 heterocycles. The standard InChI is InChI=1S/C14H8FNO3.Na/c1-19-10-3-2-9(15)11-12(10)14(18)8-6-16-5-4-7(8)13(11)17;/h2-6H,1H3;. The van der Waals surface area contributed by atoms with Gasteiger partial charge in [0.05, 0.1) is 23.8 Å². The maximum atomic E-state index is 13.9. The largest absolute Gasteiger partial charge is 0.496 e. The van der Waals surface area contributed by atoms with Crippen molar-refractivity contribution in [2.24, 2.45) is 0 Å². The van der Waals surface area contributed by atoms with Gasteiger partial charge >= 0.3 is 0 Å². The van der Waals surface area contributed by atoms with Gasteiger partial charge in [-0.25, -0.2) is 4.39 Å². The third kappa shape index (κ3) is 1.98. The Morgan fingerprint density at radius 1 is 1.05 bits per heavy atom. The maximum Gasteiger partial charge on any atom is 0.199 e. The predicted molar refractivity (Wildman–Crippen MR) is 69.8 cm³/mol. The van der Waals surface area contributed by atoms with Crippen LogP contribution in [0.4, 0.5) is 4.39 Å². The number of hydrogen-bond donors (Lipinski definition) is 0. The number of methoxy groups -OCH3 is 1. The summed E-state index contributed by atoms with van der Waals surface area (Å²) in [7, 11) is 1.37. The Bertz CT molecular complexity index is 730. The van der Waals surface area contributed by atoms with Gasteiger partial charge in [0.25, 0.3) is 0 Å².